The van der Waals surface area contributed by atoms with Gasteiger partial charge in [0.2, 0.25) is 0 Å². The summed E-state index contributed by atoms with van der Waals surface area (Å²) in [6.45, 7) is 0.736. The van der Waals surface area contributed by atoms with Gasteiger partial charge in [0.15, 0.2) is 0 Å². The number of nitrogens with one attached hydrogen (secondary N) is 1. The van der Waals surface area contributed by atoms with Gasteiger partial charge < -0.3 is 14.7 Å². The fraction of sp³-hybridized carbons (Fsp3) is 0.364. The Balaban J connectivity index is 2.10. The molecule has 0 spiro atoms. The molecule has 0 bridgehead atoms. The van der Waals surface area contributed by atoms with Crippen molar-refractivity contribution in [3.8, 4) is 0 Å². The maximum atomic E-state index is 10.9. The summed E-state index contributed by atoms with van der Waals surface area (Å²) in [7, 11) is 0. The lowest BCUT2D eigenvalue weighted by molar-refractivity contribution is 0.287. The largest absolute Gasteiger partial charge is 0.396 e. The minimum Gasteiger partial charge on any atom is -0.396 e. The standard InChI is InChI=1S/C11H14N4O2/c16-3-1-2-10-5-12-8-15(10)7-9-4-14-11(17)6-13-9/h4-6,8,16H,1-3,7H2,(H,14,17). The Morgan fingerprint density at radius 3 is 3.00 bits per heavy atom. The van der Waals surface area contributed by atoms with Gasteiger partial charge in [-0.2, -0.15) is 0 Å². The molecule has 2 aromatic heterocycles. The second-order valence-electron chi connectivity index (χ2n) is 3.74. The number of rotatable bonds is 5. The second-order valence-corrected chi connectivity index (χ2v) is 3.74. The lowest BCUT2D eigenvalue weighted by Crippen LogP contribution is -2.10. The van der Waals surface area contributed by atoms with Crippen LogP contribution in [0.3, 0.4) is 0 Å². The number of aromatic nitrogens is 4. The molecule has 0 atom stereocenters. The smallest absolute Gasteiger partial charge is 0.266 e. The van der Waals surface area contributed by atoms with E-state index in [0.29, 0.717) is 13.0 Å². The summed E-state index contributed by atoms with van der Waals surface area (Å²) in [4.78, 5) is 21.6. The predicted molar refractivity (Wildman–Crippen MR) is 61.6 cm³/mol. The number of imidazole rings is 1. The molecule has 0 aromatic carbocycles. The maximum absolute atomic E-state index is 10.9. The molecule has 6 nitrogen and oxygen atoms in total. The van der Waals surface area contributed by atoms with Crippen LogP contribution in [0.15, 0.2) is 29.7 Å². The van der Waals surface area contributed by atoms with Crippen LogP contribution in [0.2, 0.25) is 0 Å². The molecule has 17 heavy (non-hydrogen) atoms. The van der Waals surface area contributed by atoms with Crippen molar-refractivity contribution >= 4 is 0 Å². The number of H-pyrrole nitrogens is 1. The Morgan fingerprint density at radius 1 is 1.41 bits per heavy atom. The van der Waals surface area contributed by atoms with E-state index in [2.05, 4.69) is 15.0 Å². The van der Waals surface area contributed by atoms with Crippen molar-refractivity contribution in [1.82, 2.24) is 19.5 Å². The summed E-state index contributed by atoms with van der Waals surface area (Å²) < 4.78 is 1.95. The third-order valence-electron chi connectivity index (χ3n) is 2.45. The van der Waals surface area contributed by atoms with Gasteiger partial charge in [0.25, 0.3) is 5.56 Å². The molecular formula is C11H14N4O2. The lowest BCUT2D eigenvalue weighted by atomic mass is 10.2. The van der Waals surface area contributed by atoms with Gasteiger partial charge in [-0.05, 0) is 12.8 Å². The number of aromatic amines is 1. The van der Waals surface area contributed by atoms with Crippen LogP contribution in [0.5, 0.6) is 0 Å². The van der Waals surface area contributed by atoms with Crippen LogP contribution in [0, 0.1) is 0 Å². The third kappa shape index (κ3) is 3.01. The second kappa shape index (κ2) is 5.40. The first-order valence-electron chi connectivity index (χ1n) is 5.43. The van der Waals surface area contributed by atoms with Gasteiger partial charge in [-0.15, -0.1) is 0 Å². The highest BCUT2D eigenvalue weighted by Crippen LogP contribution is 2.05. The Labute approximate surface area is 98.0 Å². The lowest BCUT2D eigenvalue weighted by Gasteiger charge is -2.06. The first kappa shape index (κ1) is 11.5. The van der Waals surface area contributed by atoms with Gasteiger partial charge in [0.1, 0.15) is 0 Å². The van der Waals surface area contributed by atoms with Gasteiger partial charge in [-0.25, -0.2) is 4.98 Å². The molecule has 0 fully saturated rings. The normalized spacial score (nSPS) is 10.6. The highest BCUT2D eigenvalue weighted by Gasteiger charge is 2.03. The molecule has 0 amide bonds. The SMILES string of the molecule is O=c1cnc(Cn2cncc2CCCO)c[nH]1. The van der Waals surface area contributed by atoms with Crippen LogP contribution in [0.25, 0.3) is 0 Å². The average molecular weight is 234 g/mol. The summed E-state index contributed by atoms with van der Waals surface area (Å²) in [5.41, 5.74) is 1.61. The van der Waals surface area contributed by atoms with E-state index in [1.54, 1.807) is 18.7 Å². The summed E-state index contributed by atoms with van der Waals surface area (Å²) in [6, 6.07) is 0. The molecule has 90 valence electrons. The van der Waals surface area contributed by atoms with Crippen LogP contribution in [0.1, 0.15) is 17.8 Å². The van der Waals surface area contributed by atoms with Crippen molar-refractivity contribution in [3.05, 3.63) is 46.7 Å². The van der Waals surface area contributed by atoms with Crippen molar-refractivity contribution in [2.45, 2.75) is 19.4 Å². The summed E-state index contributed by atoms with van der Waals surface area (Å²) in [5.74, 6) is 0. The number of aryl methyl sites for hydroxylation is 1. The molecule has 0 aliphatic heterocycles. The first-order valence-corrected chi connectivity index (χ1v) is 5.43. The molecule has 2 heterocycles. The van der Waals surface area contributed by atoms with Crippen LogP contribution in [-0.4, -0.2) is 31.2 Å². The van der Waals surface area contributed by atoms with Crippen LogP contribution in [0.4, 0.5) is 0 Å². The van der Waals surface area contributed by atoms with Crippen molar-refractivity contribution in [1.29, 1.82) is 0 Å². The van der Waals surface area contributed by atoms with Gasteiger partial charge in [0, 0.05) is 24.7 Å². The van der Waals surface area contributed by atoms with E-state index in [-0.39, 0.29) is 12.2 Å². The van der Waals surface area contributed by atoms with E-state index < -0.39 is 0 Å². The summed E-state index contributed by atoms with van der Waals surface area (Å²) in [5, 5.41) is 8.79. The first-order chi connectivity index (χ1) is 8.29. The van der Waals surface area contributed by atoms with Crippen molar-refractivity contribution in [2.75, 3.05) is 6.61 Å². The number of hydrogen-bond acceptors (Lipinski definition) is 4. The Kier molecular flexibility index (Phi) is 3.66. The molecule has 2 aromatic rings. The van der Waals surface area contributed by atoms with Crippen LogP contribution >= 0.6 is 0 Å². The monoisotopic (exact) mass is 234 g/mol. The zero-order valence-electron chi connectivity index (χ0n) is 9.33. The average Bonchev–Trinajstić information content (AvgIpc) is 2.77. The van der Waals surface area contributed by atoms with Crippen molar-refractivity contribution in [3.63, 3.8) is 0 Å². The molecule has 0 unspecified atom stereocenters. The molecule has 0 aliphatic carbocycles. The van der Waals surface area contributed by atoms with E-state index in [1.807, 2.05) is 4.57 Å². The number of hydrogen-bond donors (Lipinski definition) is 2. The van der Waals surface area contributed by atoms with Gasteiger partial charge in [0.05, 0.1) is 24.8 Å². The Hall–Kier alpha value is -1.95. The predicted octanol–water partition coefficient (Wildman–Crippen LogP) is -0.0604. The fourth-order valence-corrected chi connectivity index (χ4v) is 1.59. The Bertz CT molecular complexity index is 512. The topological polar surface area (TPSA) is 83.8 Å². The van der Waals surface area contributed by atoms with Gasteiger partial charge >= 0.3 is 0 Å². The summed E-state index contributed by atoms with van der Waals surface area (Å²) in [6.07, 6.45) is 7.85. The zero-order chi connectivity index (χ0) is 12.1. The van der Waals surface area contributed by atoms with Crippen LogP contribution < -0.4 is 5.56 Å². The van der Waals surface area contributed by atoms with E-state index in [0.717, 1.165) is 17.8 Å². The minimum atomic E-state index is -0.208. The number of aliphatic hydroxyl groups excluding tert-OH is 1. The molecule has 2 N–H and O–H groups in total. The minimum absolute atomic E-state index is 0.169. The van der Waals surface area contributed by atoms with E-state index in [9.17, 15) is 4.79 Å². The molecule has 6 heteroatoms. The van der Waals surface area contributed by atoms with Crippen LogP contribution in [-0.2, 0) is 13.0 Å². The third-order valence-corrected chi connectivity index (χ3v) is 2.45. The van der Waals surface area contributed by atoms with E-state index in [1.165, 1.54) is 6.20 Å². The molecule has 0 radical (unpaired) electrons. The maximum Gasteiger partial charge on any atom is 0.266 e. The summed E-state index contributed by atoms with van der Waals surface area (Å²) >= 11 is 0. The van der Waals surface area contributed by atoms with Gasteiger partial charge in [-0.1, -0.05) is 0 Å². The molecular weight excluding hydrogens is 220 g/mol. The zero-order valence-corrected chi connectivity index (χ0v) is 9.33. The van der Waals surface area contributed by atoms with Gasteiger partial charge in [-0.3, -0.25) is 9.78 Å². The Morgan fingerprint density at radius 2 is 2.29 bits per heavy atom. The fourth-order valence-electron chi connectivity index (χ4n) is 1.59. The molecule has 2 rings (SSSR count). The number of nitrogens with zero attached hydrogens (tertiary/aromatic N) is 3. The molecule has 0 saturated carbocycles. The van der Waals surface area contributed by atoms with Crippen molar-refractivity contribution < 1.29 is 5.11 Å². The van der Waals surface area contributed by atoms with Crippen molar-refractivity contribution in [2.24, 2.45) is 0 Å². The highest BCUT2D eigenvalue weighted by atomic mass is 16.2. The van der Waals surface area contributed by atoms with E-state index in [4.69, 9.17) is 5.11 Å². The van der Waals surface area contributed by atoms with E-state index >= 15 is 0 Å². The molecule has 0 aliphatic rings. The highest BCUT2D eigenvalue weighted by molar-refractivity contribution is 5.04. The quantitative estimate of drug-likeness (QED) is 0.759. The molecule has 0 saturated heterocycles. The number of aliphatic hydroxyl groups is 1.